The summed E-state index contributed by atoms with van der Waals surface area (Å²) in [5.41, 5.74) is 0. The highest BCUT2D eigenvalue weighted by Crippen LogP contribution is 2.06. The van der Waals surface area contributed by atoms with Crippen molar-refractivity contribution in [2.45, 2.75) is 38.3 Å². The monoisotopic (exact) mass is 258 g/mol. The molecule has 0 aromatic rings. The quantitative estimate of drug-likeness (QED) is 0.705. The van der Waals surface area contributed by atoms with Gasteiger partial charge in [-0.25, -0.2) is 4.79 Å². The molecule has 1 aliphatic heterocycles. The molecule has 0 radical (unpaired) electrons. The van der Waals surface area contributed by atoms with E-state index in [0.717, 1.165) is 19.4 Å². The molecule has 0 bridgehead atoms. The number of morpholine rings is 1. The molecule has 6 nitrogen and oxygen atoms in total. The molecule has 1 saturated heterocycles. The molecule has 2 N–H and O–H groups in total. The van der Waals surface area contributed by atoms with E-state index in [0.29, 0.717) is 19.6 Å². The van der Waals surface area contributed by atoms with E-state index in [2.05, 4.69) is 5.32 Å². The summed E-state index contributed by atoms with van der Waals surface area (Å²) in [5, 5.41) is 11.6. The minimum atomic E-state index is -0.985. The Labute approximate surface area is 107 Å². The predicted octanol–water partition coefficient (Wildman–Crippen LogP) is 0.0766. The van der Waals surface area contributed by atoms with Gasteiger partial charge >= 0.3 is 5.97 Å². The second-order valence-electron chi connectivity index (χ2n) is 4.66. The van der Waals surface area contributed by atoms with Crippen LogP contribution in [0.5, 0.6) is 0 Å². The van der Waals surface area contributed by atoms with Crippen molar-refractivity contribution < 1.29 is 19.4 Å². The van der Waals surface area contributed by atoms with Crippen LogP contribution in [0.25, 0.3) is 0 Å². The summed E-state index contributed by atoms with van der Waals surface area (Å²) in [7, 11) is 1.91. The number of hydrogen-bond acceptors (Lipinski definition) is 4. The second kappa shape index (κ2) is 7.33. The third-order valence-electron chi connectivity index (χ3n) is 3.02. The number of aliphatic carboxylic acids is 1. The highest BCUT2D eigenvalue weighted by atomic mass is 16.5. The fraction of sp³-hybridized carbons (Fsp3) is 0.833. The number of ether oxygens (including phenoxy) is 1. The molecule has 0 aromatic carbocycles. The van der Waals surface area contributed by atoms with Crippen LogP contribution < -0.4 is 5.32 Å². The summed E-state index contributed by atoms with van der Waals surface area (Å²) in [4.78, 5) is 24.9. The average molecular weight is 258 g/mol. The molecule has 104 valence electrons. The number of unbranched alkanes of at least 4 members (excludes halogenated alkanes) is 1. The van der Waals surface area contributed by atoms with Crippen molar-refractivity contribution in [1.29, 1.82) is 0 Å². The third kappa shape index (κ3) is 4.62. The Morgan fingerprint density at radius 3 is 2.83 bits per heavy atom. The van der Waals surface area contributed by atoms with Crippen LogP contribution in [0.1, 0.15) is 26.2 Å². The number of nitrogens with zero attached hydrogens (tertiary/aromatic N) is 1. The van der Waals surface area contributed by atoms with Gasteiger partial charge < -0.3 is 20.1 Å². The Hall–Kier alpha value is -1.14. The van der Waals surface area contributed by atoms with Gasteiger partial charge in [-0.05, 0) is 13.5 Å². The third-order valence-corrected chi connectivity index (χ3v) is 3.02. The lowest BCUT2D eigenvalue weighted by Gasteiger charge is -2.29. The SMILES string of the molecule is CCCCC(NC(=O)C1CN(C)CCO1)C(=O)O. The zero-order valence-electron chi connectivity index (χ0n) is 11.0. The van der Waals surface area contributed by atoms with Gasteiger partial charge in [0.2, 0.25) is 0 Å². The van der Waals surface area contributed by atoms with Crippen molar-refractivity contribution >= 4 is 11.9 Å². The number of carbonyl (C=O) groups excluding carboxylic acids is 1. The van der Waals surface area contributed by atoms with Crippen molar-refractivity contribution in [2.75, 3.05) is 26.7 Å². The summed E-state index contributed by atoms with van der Waals surface area (Å²) in [6.07, 6.45) is 1.58. The minimum absolute atomic E-state index is 0.329. The van der Waals surface area contributed by atoms with E-state index in [1.54, 1.807) is 0 Å². The van der Waals surface area contributed by atoms with E-state index in [1.165, 1.54) is 0 Å². The standard InChI is InChI=1S/C12H22N2O4/c1-3-4-5-9(12(16)17)13-11(15)10-8-14(2)6-7-18-10/h9-10H,3-8H2,1-2H3,(H,13,15)(H,16,17). The van der Waals surface area contributed by atoms with Crippen molar-refractivity contribution in [1.82, 2.24) is 10.2 Å². The Bertz CT molecular complexity index is 296. The van der Waals surface area contributed by atoms with Crippen LogP contribution in [-0.2, 0) is 14.3 Å². The predicted molar refractivity (Wildman–Crippen MR) is 66.3 cm³/mol. The Morgan fingerprint density at radius 1 is 1.56 bits per heavy atom. The lowest BCUT2D eigenvalue weighted by molar-refractivity contribution is -0.146. The molecule has 18 heavy (non-hydrogen) atoms. The first kappa shape index (κ1) is 14.9. The first-order chi connectivity index (χ1) is 8.54. The van der Waals surface area contributed by atoms with Gasteiger partial charge in [0.25, 0.3) is 5.91 Å². The molecule has 0 spiro atoms. The van der Waals surface area contributed by atoms with Crippen LogP contribution in [0.15, 0.2) is 0 Å². The first-order valence-electron chi connectivity index (χ1n) is 6.38. The number of likely N-dealkylation sites (N-methyl/N-ethyl adjacent to an activating group) is 1. The van der Waals surface area contributed by atoms with Gasteiger partial charge in [-0.15, -0.1) is 0 Å². The number of carboxylic acid groups (broad SMARTS) is 1. The van der Waals surface area contributed by atoms with Gasteiger partial charge in [0, 0.05) is 13.1 Å². The number of hydrogen-bond donors (Lipinski definition) is 2. The summed E-state index contributed by atoms with van der Waals surface area (Å²) in [5.74, 6) is -1.31. The van der Waals surface area contributed by atoms with E-state index in [9.17, 15) is 9.59 Å². The van der Waals surface area contributed by atoms with Crippen molar-refractivity contribution in [3.05, 3.63) is 0 Å². The molecule has 0 saturated carbocycles. The molecule has 2 unspecified atom stereocenters. The van der Waals surface area contributed by atoms with Crippen molar-refractivity contribution in [3.63, 3.8) is 0 Å². The molecule has 0 aromatic heterocycles. The van der Waals surface area contributed by atoms with Gasteiger partial charge in [-0.2, -0.15) is 0 Å². The van der Waals surface area contributed by atoms with Gasteiger partial charge in [0.1, 0.15) is 12.1 Å². The summed E-state index contributed by atoms with van der Waals surface area (Å²) in [6, 6.07) is -0.812. The van der Waals surface area contributed by atoms with Crippen molar-refractivity contribution in [2.24, 2.45) is 0 Å². The van der Waals surface area contributed by atoms with E-state index >= 15 is 0 Å². The average Bonchev–Trinajstić information content (AvgIpc) is 2.33. The number of carboxylic acids is 1. The molecular weight excluding hydrogens is 236 g/mol. The number of amides is 1. The molecule has 1 fully saturated rings. The zero-order valence-corrected chi connectivity index (χ0v) is 11.0. The molecule has 0 aliphatic carbocycles. The Morgan fingerprint density at radius 2 is 2.28 bits per heavy atom. The molecule has 1 heterocycles. The zero-order chi connectivity index (χ0) is 13.5. The highest BCUT2D eigenvalue weighted by Gasteiger charge is 2.28. The number of carbonyl (C=O) groups is 2. The summed E-state index contributed by atoms with van der Waals surface area (Å²) >= 11 is 0. The minimum Gasteiger partial charge on any atom is -0.480 e. The maximum atomic E-state index is 11.9. The molecular formula is C12H22N2O4. The van der Waals surface area contributed by atoms with Crippen molar-refractivity contribution in [3.8, 4) is 0 Å². The van der Waals surface area contributed by atoms with Gasteiger partial charge in [-0.3, -0.25) is 4.79 Å². The summed E-state index contributed by atoms with van der Waals surface area (Å²) < 4.78 is 5.35. The van der Waals surface area contributed by atoms with Gasteiger partial charge in [-0.1, -0.05) is 19.8 Å². The van der Waals surface area contributed by atoms with E-state index < -0.39 is 18.1 Å². The molecule has 6 heteroatoms. The fourth-order valence-electron chi connectivity index (χ4n) is 1.87. The van der Waals surface area contributed by atoms with Crippen LogP contribution in [0, 0.1) is 0 Å². The highest BCUT2D eigenvalue weighted by molar-refractivity contribution is 5.86. The number of nitrogens with one attached hydrogen (secondary N) is 1. The largest absolute Gasteiger partial charge is 0.480 e. The maximum absolute atomic E-state index is 11.9. The Kier molecular flexibility index (Phi) is 6.07. The molecule has 1 aliphatic rings. The lowest BCUT2D eigenvalue weighted by atomic mass is 10.1. The summed E-state index contributed by atoms with van der Waals surface area (Å²) in [6.45, 7) is 3.79. The molecule has 1 amide bonds. The molecule has 2 atom stereocenters. The van der Waals surface area contributed by atoms with Crippen LogP contribution in [-0.4, -0.2) is 60.8 Å². The normalized spacial score (nSPS) is 22.4. The van der Waals surface area contributed by atoms with Crippen LogP contribution in [0.3, 0.4) is 0 Å². The number of rotatable bonds is 6. The van der Waals surface area contributed by atoms with Gasteiger partial charge in [0.15, 0.2) is 0 Å². The van der Waals surface area contributed by atoms with Crippen LogP contribution in [0.4, 0.5) is 0 Å². The van der Waals surface area contributed by atoms with Crippen LogP contribution in [0.2, 0.25) is 0 Å². The smallest absolute Gasteiger partial charge is 0.326 e. The first-order valence-corrected chi connectivity index (χ1v) is 6.38. The topological polar surface area (TPSA) is 78.9 Å². The Balaban J connectivity index is 2.46. The van der Waals surface area contributed by atoms with E-state index in [-0.39, 0.29) is 5.91 Å². The van der Waals surface area contributed by atoms with Crippen LogP contribution >= 0.6 is 0 Å². The lowest BCUT2D eigenvalue weighted by Crippen LogP contribution is -2.52. The maximum Gasteiger partial charge on any atom is 0.326 e. The van der Waals surface area contributed by atoms with E-state index in [1.807, 2.05) is 18.9 Å². The molecule has 1 rings (SSSR count). The second-order valence-corrected chi connectivity index (χ2v) is 4.66. The fourth-order valence-corrected chi connectivity index (χ4v) is 1.87. The van der Waals surface area contributed by atoms with Gasteiger partial charge in [0.05, 0.1) is 6.61 Å². The van der Waals surface area contributed by atoms with E-state index in [4.69, 9.17) is 9.84 Å².